The minimum absolute atomic E-state index is 0.119. The molecule has 3 N–H and O–H groups in total. The lowest BCUT2D eigenvalue weighted by atomic mass is 9.90. The predicted molar refractivity (Wildman–Crippen MR) is 61.4 cm³/mol. The van der Waals surface area contributed by atoms with E-state index in [1.807, 2.05) is 11.9 Å². The molecular formula is C11H22N2O3. The lowest BCUT2D eigenvalue weighted by Gasteiger charge is -2.37. The van der Waals surface area contributed by atoms with E-state index in [4.69, 9.17) is 10.2 Å². The van der Waals surface area contributed by atoms with Gasteiger partial charge in [0.05, 0.1) is 6.54 Å². The Balaban J connectivity index is 2.43. The van der Waals surface area contributed by atoms with E-state index < -0.39 is 5.97 Å². The maximum absolute atomic E-state index is 10.7. The van der Waals surface area contributed by atoms with Crippen LogP contribution in [-0.4, -0.2) is 60.4 Å². The molecule has 0 aromatic rings. The minimum atomic E-state index is -0.766. The molecule has 1 saturated heterocycles. The van der Waals surface area contributed by atoms with E-state index in [-0.39, 0.29) is 13.2 Å². The van der Waals surface area contributed by atoms with Crippen molar-refractivity contribution in [3.8, 4) is 0 Å². The number of nitrogens with zero attached hydrogens (tertiary/aromatic N) is 1. The molecule has 0 saturated carbocycles. The van der Waals surface area contributed by atoms with Crippen molar-refractivity contribution in [1.82, 2.24) is 10.2 Å². The molecule has 0 bridgehead atoms. The SMILES string of the molecule is CNC1CC(CCCO)CN(CC(=O)O)C1. The highest BCUT2D eigenvalue weighted by Crippen LogP contribution is 2.20. The molecule has 1 aliphatic heterocycles. The zero-order valence-corrected chi connectivity index (χ0v) is 9.85. The summed E-state index contributed by atoms with van der Waals surface area (Å²) in [6.45, 7) is 1.98. The number of nitrogens with one attached hydrogen (secondary N) is 1. The van der Waals surface area contributed by atoms with Crippen LogP contribution in [0.3, 0.4) is 0 Å². The van der Waals surface area contributed by atoms with Crippen molar-refractivity contribution in [1.29, 1.82) is 0 Å². The summed E-state index contributed by atoms with van der Waals surface area (Å²) in [5, 5.41) is 20.8. The van der Waals surface area contributed by atoms with Gasteiger partial charge in [0.2, 0.25) is 0 Å². The lowest BCUT2D eigenvalue weighted by molar-refractivity contribution is -0.138. The first-order valence-corrected chi connectivity index (χ1v) is 5.88. The van der Waals surface area contributed by atoms with Crippen LogP contribution < -0.4 is 5.32 Å². The summed E-state index contributed by atoms with van der Waals surface area (Å²) in [5.74, 6) is -0.268. The Morgan fingerprint density at radius 1 is 1.50 bits per heavy atom. The number of likely N-dealkylation sites (N-methyl/N-ethyl adjacent to an activating group) is 1. The van der Waals surface area contributed by atoms with Gasteiger partial charge in [-0.3, -0.25) is 9.69 Å². The van der Waals surface area contributed by atoms with E-state index in [9.17, 15) is 4.79 Å². The fourth-order valence-corrected chi connectivity index (χ4v) is 2.42. The molecular weight excluding hydrogens is 208 g/mol. The average molecular weight is 230 g/mol. The van der Waals surface area contributed by atoms with E-state index in [2.05, 4.69) is 5.32 Å². The highest BCUT2D eigenvalue weighted by molar-refractivity contribution is 5.69. The van der Waals surface area contributed by atoms with Crippen molar-refractivity contribution in [2.45, 2.75) is 25.3 Å². The third kappa shape index (κ3) is 4.47. The topological polar surface area (TPSA) is 72.8 Å². The van der Waals surface area contributed by atoms with Crippen molar-refractivity contribution in [2.75, 3.05) is 33.3 Å². The Hall–Kier alpha value is -0.650. The number of aliphatic hydroxyl groups excluding tert-OH is 1. The molecule has 94 valence electrons. The monoisotopic (exact) mass is 230 g/mol. The van der Waals surface area contributed by atoms with Crippen molar-refractivity contribution in [3.63, 3.8) is 0 Å². The number of aliphatic carboxylic acids is 1. The van der Waals surface area contributed by atoms with Gasteiger partial charge in [0, 0.05) is 25.7 Å². The molecule has 0 aliphatic carbocycles. The molecule has 0 aromatic carbocycles. The molecule has 1 rings (SSSR count). The first-order chi connectivity index (χ1) is 7.65. The quantitative estimate of drug-likeness (QED) is 0.587. The Labute approximate surface area is 96.4 Å². The molecule has 1 fully saturated rings. The van der Waals surface area contributed by atoms with Crippen molar-refractivity contribution in [2.24, 2.45) is 5.92 Å². The van der Waals surface area contributed by atoms with Gasteiger partial charge >= 0.3 is 5.97 Å². The van der Waals surface area contributed by atoms with Crippen LogP contribution in [0.15, 0.2) is 0 Å². The van der Waals surface area contributed by atoms with Gasteiger partial charge < -0.3 is 15.5 Å². The van der Waals surface area contributed by atoms with Crippen molar-refractivity contribution in [3.05, 3.63) is 0 Å². The number of likely N-dealkylation sites (tertiary alicyclic amines) is 1. The van der Waals surface area contributed by atoms with Crippen molar-refractivity contribution >= 4 is 5.97 Å². The Morgan fingerprint density at radius 2 is 2.25 bits per heavy atom. The van der Waals surface area contributed by atoms with Crippen LogP contribution >= 0.6 is 0 Å². The summed E-state index contributed by atoms with van der Waals surface area (Å²) in [4.78, 5) is 12.7. The van der Waals surface area contributed by atoms with E-state index >= 15 is 0 Å². The number of rotatable bonds is 6. The molecule has 16 heavy (non-hydrogen) atoms. The second-order valence-electron chi connectivity index (χ2n) is 4.54. The second-order valence-corrected chi connectivity index (χ2v) is 4.54. The molecule has 0 amide bonds. The van der Waals surface area contributed by atoms with E-state index in [0.29, 0.717) is 12.0 Å². The molecule has 5 heteroatoms. The standard InChI is InChI=1S/C11H22N2O3/c1-12-10-5-9(3-2-4-14)6-13(7-10)8-11(15)16/h9-10,12,14H,2-8H2,1H3,(H,15,16). The van der Waals surface area contributed by atoms with Gasteiger partial charge in [-0.05, 0) is 32.2 Å². The van der Waals surface area contributed by atoms with Crippen LogP contribution in [0.5, 0.6) is 0 Å². The lowest BCUT2D eigenvalue weighted by Crippen LogP contribution is -2.49. The number of aliphatic hydroxyl groups is 1. The second kappa shape index (κ2) is 6.83. The first-order valence-electron chi connectivity index (χ1n) is 5.88. The van der Waals surface area contributed by atoms with Crippen molar-refractivity contribution < 1.29 is 15.0 Å². The highest BCUT2D eigenvalue weighted by atomic mass is 16.4. The van der Waals surface area contributed by atoms with Crippen LogP contribution in [0, 0.1) is 5.92 Å². The van der Waals surface area contributed by atoms with Gasteiger partial charge in [-0.1, -0.05) is 0 Å². The molecule has 0 radical (unpaired) electrons. The summed E-state index contributed by atoms with van der Waals surface area (Å²) in [6.07, 6.45) is 2.86. The molecule has 2 atom stereocenters. The summed E-state index contributed by atoms with van der Waals surface area (Å²) >= 11 is 0. The molecule has 1 heterocycles. The third-order valence-electron chi connectivity index (χ3n) is 3.15. The zero-order chi connectivity index (χ0) is 12.0. The Bertz CT molecular complexity index is 223. The van der Waals surface area contributed by atoms with E-state index in [1.54, 1.807) is 0 Å². The number of carboxylic acids is 1. The molecule has 0 spiro atoms. The number of carbonyl (C=O) groups is 1. The normalized spacial score (nSPS) is 26.9. The Kier molecular flexibility index (Phi) is 5.73. The summed E-state index contributed by atoms with van der Waals surface area (Å²) in [6, 6.07) is 0.372. The van der Waals surface area contributed by atoms with E-state index in [0.717, 1.165) is 32.4 Å². The van der Waals surface area contributed by atoms with Gasteiger partial charge in [-0.25, -0.2) is 0 Å². The number of hydrogen-bond donors (Lipinski definition) is 3. The number of hydrogen-bond acceptors (Lipinski definition) is 4. The fraction of sp³-hybridized carbons (Fsp3) is 0.909. The summed E-state index contributed by atoms with van der Waals surface area (Å²) in [7, 11) is 1.91. The number of carboxylic acid groups (broad SMARTS) is 1. The van der Waals surface area contributed by atoms with Gasteiger partial charge in [0.1, 0.15) is 0 Å². The summed E-state index contributed by atoms with van der Waals surface area (Å²) in [5.41, 5.74) is 0. The van der Waals surface area contributed by atoms with Gasteiger partial charge in [-0.2, -0.15) is 0 Å². The fourth-order valence-electron chi connectivity index (χ4n) is 2.42. The smallest absolute Gasteiger partial charge is 0.317 e. The first kappa shape index (κ1) is 13.4. The predicted octanol–water partition coefficient (Wildman–Crippen LogP) is -0.247. The van der Waals surface area contributed by atoms with Crippen LogP contribution in [-0.2, 0) is 4.79 Å². The maximum Gasteiger partial charge on any atom is 0.317 e. The van der Waals surface area contributed by atoms with Crippen LogP contribution in [0.4, 0.5) is 0 Å². The minimum Gasteiger partial charge on any atom is -0.480 e. The van der Waals surface area contributed by atoms with Crippen LogP contribution in [0.25, 0.3) is 0 Å². The number of piperidine rings is 1. The molecule has 1 aliphatic rings. The largest absolute Gasteiger partial charge is 0.480 e. The van der Waals surface area contributed by atoms with Gasteiger partial charge in [0.25, 0.3) is 0 Å². The maximum atomic E-state index is 10.7. The molecule has 0 aromatic heterocycles. The zero-order valence-electron chi connectivity index (χ0n) is 9.85. The van der Waals surface area contributed by atoms with Gasteiger partial charge in [0.15, 0.2) is 0 Å². The molecule has 2 unspecified atom stereocenters. The summed E-state index contributed by atoms with van der Waals surface area (Å²) < 4.78 is 0. The van der Waals surface area contributed by atoms with Gasteiger partial charge in [-0.15, -0.1) is 0 Å². The third-order valence-corrected chi connectivity index (χ3v) is 3.15. The average Bonchev–Trinajstić information content (AvgIpc) is 2.25. The molecule has 5 nitrogen and oxygen atoms in total. The van der Waals surface area contributed by atoms with E-state index in [1.165, 1.54) is 0 Å². The van der Waals surface area contributed by atoms with Crippen LogP contribution in [0.2, 0.25) is 0 Å². The Morgan fingerprint density at radius 3 is 2.81 bits per heavy atom. The van der Waals surface area contributed by atoms with Crippen LogP contribution in [0.1, 0.15) is 19.3 Å². The highest BCUT2D eigenvalue weighted by Gasteiger charge is 2.26.